The third-order valence-corrected chi connectivity index (χ3v) is 6.87. The molecule has 158 valence electrons. The molecule has 6 nitrogen and oxygen atoms in total. The number of rotatable bonds is 6. The highest BCUT2D eigenvalue weighted by Gasteiger charge is 2.28. The van der Waals surface area contributed by atoms with E-state index in [-0.39, 0.29) is 0 Å². The van der Waals surface area contributed by atoms with Crippen LogP contribution in [0, 0.1) is 5.92 Å². The monoisotopic (exact) mass is 431 g/mol. The number of benzene rings is 1. The van der Waals surface area contributed by atoms with E-state index in [9.17, 15) is 0 Å². The second-order valence-corrected chi connectivity index (χ2v) is 8.96. The molecule has 1 fully saturated rings. The van der Waals surface area contributed by atoms with Gasteiger partial charge in [-0.05, 0) is 30.9 Å². The Balaban J connectivity index is 1.41. The van der Waals surface area contributed by atoms with Gasteiger partial charge in [-0.3, -0.25) is 9.55 Å². The van der Waals surface area contributed by atoms with Crippen molar-refractivity contribution in [3.8, 4) is 22.7 Å². The lowest BCUT2D eigenvalue weighted by atomic mass is 9.85. The van der Waals surface area contributed by atoms with Gasteiger partial charge in [-0.2, -0.15) is 0 Å². The van der Waals surface area contributed by atoms with Gasteiger partial charge in [-0.1, -0.05) is 61.9 Å². The molecule has 0 N–H and O–H groups in total. The van der Waals surface area contributed by atoms with E-state index in [4.69, 9.17) is 4.42 Å². The van der Waals surface area contributed by atoms with Crippen molar-refractivity contribution in [3.05, 3.63) is 66.9 Å². The second kappa shape index (κ2) is 9.06. The first-order valence-corrected chi connectivity index (χ1v) is 11.8. The van der Waals surface area contributed by atoms with E-state index >= 15 is 0 Å². The van der Waals surface area contributed by atoms with Gasteiger partial charge in [0.1, 0.15) is 0 Å². The molecule has 3 aromatic heterocycles. The molecule has 0 radical (unpaired) electrons. The lowest BCUT2D eigenvalue weighted by Crippen LogP contribution is -2.22. The molecular formula is C24H25N5OS. The maximum Gasteiger partial charge on any atom is 0.205 e. The van der Waals surface area contributed by atoms with E-state index < -0.39 is 0 Å². The Kier molecular flexibility index (Phi) is 5.84. The summed E-state index contributed by atoms with van der Waals surface area (Å²) in [6.07, 6.45) is 10.3. The van der Waals surface area contributed by atoms with Crippen LogP contribution >= 0.6 is 11.8 Å². The van der Waals surface area contributed by atoms with Crippen LogP contribution in [-0.2, 0) is 5.75 Å². The summed E-state index contributed by atoms with van der Waals surface area (Å²) in [6, 6.07) is 14.5. The average molecular weight is 432 g/mol. The predicted octanol–water partition coefficient (Wildman–Crippen LogP) is 6.04. The molecule has 0 aliphatic heterocycles. The molecule has 2 unspecified atom stereocenters. The summed E-state index contributed by atoms with van der Waals surface area (Å²) in [4.78, 5) is 8.63. The topological polar surface area (TPSA) is 69.6 Å². The molecule has 4 aromatic rings. The van der Waals surface area contributed by atoms with Gasteiger partial charge in [0.25, 0.3) is 0 Å². The fourth-order valence-electron chi connectivity index (χ4n) is 4.29. The van der Waals surface area contributed by atoms with E-state index in [2.05, 4.69) is 31.7 Å². The first kappa shape index (κ1) is 20.0. The second-order valence-electron chi connectivity index (χ2n) is 8.01. The highest BCUT2D eigenvalue weighted by Crippen LogP contribution is 2.39. The lowest BCUT2D eigenvalue weighted by molar-refractivity contribution is 0.247. The van der Waals surface area contributed by atoms with Crippen molar-refractivity contribution in [1.29, 1.82) is 0 Å². The first-order chi connectivity index (χ1) is 15.3. The van der Waals surface area contributed by atoms with Gasteiger partial charge in [0, 0.05) is 29.6 Å². The van der Waals surface area contributed by atoms with Crippen LogP contribution in [0.2, 0.25) is 0 Å². The Bertz CT molecular complexity index is 1130. The summed E-state index contributed by atoms with van der Waals surface area (Å²) in [5.41, 5.74) is 2.08. The van der Waals surface area contributed by atoms with Gasteiger partial charge < -0.3 is 4.42 Å². The number of pyridine rings is 1. The van der Waals surface area contributed by atoms with Crippen LogP contribution in [0.1, 0.15) is 44.5 Å². The lowest BCUT2D eigenvalue weighted by Gasteiger charge is -2.31. The molecule has 0 bridgehead atoms. The zero-order valence-electron chi connectivity index (χ0n) is 17.5. The number of hydrogen-bond acceptors (Lipinski definition) is 6. The standard InChI is InChI=1S/C24H25N5OS/c1-17-7-5-6-10-20(17)29-23(19-11-13-25-14-12-19)27-28-24(29)31-16-22-26-15-21(30-22)18-8-3-2-4-9-18/h2-4,8-9,11-15,17,20H,5-7,10,16H2,1H3. The Morgan fingerprint density at radius 1 is 1.00 bits per heavy atom. The van der Waals surface area contributed by atoms with Crippen LogP contribution in [0.15, 0.2) is 70.6 Å². The van der Waals surface area contributed by atoms with Crippen molar-refractivity contribution in [3.63, 3.8) is 0 Å². The molecule has 5 rings (SSSR count). The van der Waals surface area contributed by atoms with Gasteiger partial charge in [-0.15, -0.1) is 10.2 Å². The number of nitrogens with zero attached hydrogens (tertiary/aromatic N) is 5. The molecule has 0 spiro atoms. The summed E-state index contributed by atoms with van der Waals surface area (Å²) >= 11 is 1.64. The van der Waals surface area contributed by atoms with Crippen molar-refractivity contribution in [2.24, 2.45) is 5.92 Å². The zero-order valence-corrected chi connectivity index (χ0v) is 18.3. The Labute approximate surface area is 186 Å². The fourth-order valence-corrected chi connectivity index (χ4v) is 5.14. The van der Waals surface area contributed by atoms with E-state index in [0.29, 0.717) is 23.6 Å². The van der Waals surface area contributed by atoms with Gasteiger partial charge in [0.2, 0.25) is 5.89 Å². The van der Waals surface area contributed by atoms with E-state index in [1.807, 2.05) is 54.9 Å². The molecule has 2 atom stereocenters. The number of hydrogen-bond donors (Lipinski definition) is 0. The summed E-state index contributed by atoms with van der Waals surface area (Å²) in [6.45, 7) is 2.34. The maximum absolute atomic E-state index is 5.99. The highest BCUT2D eigenvalue weighted by molar-refractivity contribution is 7.98. The Morgan fingerprint density at radius 3 is 2.61 bits per heavy atom. The fraction of sp³-hybridized carbons (Fsp3) is 0.333. The van der Waals surface area contributed by atoms with Gasteiger partial charge in [0.05, 0.1) is 11.9 Å². The first-order valence-electron chi connectivity index (χ1n) is 10.8. The smallest absolute Gasteiger partial charge is 0.205 e. The Hall–Kier alpha value is -2.93. The Morgan fingerprint density at radius 2 is 1.81 bits per heavy atom. The summed E-state index contributed by atoms with van der Waals surface area (Å²) in [5, 5.41) is 10.1. The van der Waals surface area contributed by atoms with Crippen LogP contribution in [0.3, 0.4) is 0 Å². The molecule has 3 heterocycles. The van der Waals surface area contributed by atoms with Crippen LogP contribution in [0.25, 0.3) is 22.7 Å². The SMILES string of the molecule is CC1CCCCC1n1c(SCc2ncc(-c3ccccc3)o2)nnc1-c1ccncc1. The predicted molar refractivity (Wildman–Crippen MR) is 121 cm³/mol. The summed E-state index contributed by atoms with van der Waals surface area (Å²) in [7, 11) is 0. The largest absolute Gasteiger partial charge is 0.440 e. The molecule has 1 aliphatic carbocycles. The van der Waals surface area contributed by atoms with Crippen LogP contribution in [0.5, 0.6) is 0 Å². The van der Waals surface area contributed by atoms with E-state index in [1.165, 1.54) is 19.3 Å². The van der Waals surface area contributed by atoms with Crippen LogP contribution < -0.4 is 0 Å². The molecule has 31 heavy (non-hydrogen) atoms. The molecule has 0 amide bonds. The highest BCUT2D eigenvalue weighted by atomic mass is 32.2. The van der Waals surface area contributed by atoms with E-state index in [0.717, 1.165) is 34.3 Å². The average Bonchev–Trinajstić information content (AvgIpc) is 3.46. The quantitative estimate of drug-likeness (QED) is 0.347. The third-order valence-electron chi connectivity index (χ3n) is 5.94. The van der Waals surface area contributed by atoms with Gasteiger partial charge in [0.15, 0.2) is 16.7 Å². The van der Waals surface area contributed by atoms with Gasteiger partial charge >= 0.3 is 0 Å². The number of aromatic nitrogens is 5. The maximum atomic E-state index is 5.99. The molecule has 0 saturated heterocycles. The summed E-state index contributed by atoms with van der Waals surface area (Å²) in [5.74, 6) is 3.61. The minimum absolute atomic E-state index is 0.402. The summed E-state index contributed by atoms with van der Waals surface area (Å²) < 4.78 is 8.33. The molecular weight excluding hydrogens is 406 g/mol. The van der Waals surface area contributed by atoms with Crippen LogP contribution in [-0.4, -0.2) is 24.7 Å². The van der Waals surface area contributed by atoms with Crippen LogP contribution in [0.4, 0.5) is 0 Å². The van der Waals surface area contributed by atoms with E-state index in [1.54, 1.807) is 18.0 Å². The normalized spacial score (nSPS) is 18.9. The minimum Gasteiger partial charge on any atom is -0.440 e. The number of thioether (sulfide) groups is 1. The van der Waals surface area contributed by atoms with Crippen molar-refractivity contribution in [2.75, 3.05) is 0 Å². The van der Waals surface area contributed by atoms with Crippen molar-refractivity contribution in [1.82, 2.24) is 24.7 Å². The minimum atomic E-state index is 0.402. The molecule has 1 aliphatic rings. The van der Waals surface area contributed by atoms with Crippen molar-refractivity contribution >= 4 is 11.8 Å². The molecule has 7 heteroatoms. The number of oxazole rings is 1. The van der Waals surface area contributed by atoms with Crippen molar-refractivity contribution in [2.45, 2.75) is 49.6 Å². The van der Waals surface area contributed by atoms with Crippen molar-refractivity contribution < 1.29 is 4.42 Å². The molecule has 1 saturated carbocycles. The molecule has 1 aromatic carbocycles. The van der Waals surface area contributed by atoms with Gasteiger partial charge in [-0.25, -0.2) is 4.98 Å². The third kappa shape index (κ3) is 4.28. The zero-order chi connectivity index (χ0) is 21.0.